The van der Waals surface area contributed by atoms with Crippen LogP contribution in [0.3, 0.4) is 0 Å². The largest absolute Gasteiger partial charge is 0.475 e. The molecule has 0 spiro atoms. The normalized spacial score (nSPS) is 24.6. The zero-order chi connectivity index (χ0) is 17.8. The van der Waals surface area contributed by atoms with Gasteiger partial charge in [-0.05, 0) is 43.5 Å². The van der Waals surface area contributed by atoms with Crippen molar-refractivity contribution in [1.29, 1.82) is 0 Å². The first-order chi connectivity index (χ1) is 12.1. The number of carboxylic acids is 1. The summed E-state index contributed by atoms with van der Waals surface area (Å²) in [6, 6.07) is 5.58. The molecule has 1 aromatic rings. The Balaban J connectivity index is 1.97. The minimum atomic E-state index is -1.13. The van der Waals surface area contributed by atoms with E-state index < -0.39 is 12.3 Å². The first-order valence-corrected chi connectivity index (χ1v) is 8.37. The molecule has 136 valence electrons. The molecule has 0 unspecified atom stereocenters. The summed E-state index contributed by atoms with van der Waals surface area (Å²) in [5.41, 5.74) is 0.902. The molecule has 0 bridgehead atoms. The lowest BCUT2D eigenvalue weighted by atomic mass is 9.80. The number of ether oxygens (including phenoxy) is 4. The molecule has 0 aliphatic carbocycles. The molecule has 0 aromatic heterocycles. The molecule has 2 aliphatic heterocycles. The molecule has 2 aliphatic rings. The molecular formula is C18H22O7. The zero-order valence-corrected chi connectivity index (χ0v) is 14.0. The van der Waals surface area contributed by atoms with Crippen molar-refractivity contribution in [2.45, 2.75) is 32.0 Å². The second-order valence-corrected chi connectivity index (χ2v) is 5.95. The average molecular weight is 350 g/mol. The number of hydrogen-bond acceptors (Lipinski definition) is 6. The second-order valence-electron chi connectivity index (χ2n) is 5.95. The third-order valence-corrected chi connectivity index (χ3v) is 4.40. The Morgan fingerprint density at radius 1 is 1.32 bits per heavy atom. The molecule has 25 heavy (non-hydrogen) atoms. The van der Waals surface area contributed by atoms with Crippen molar-refractivity contribution in [3.05, 3.63) is 35.6 Å². The zero-order valence-electron chi connectivity index (χ0n) is 14.0. The Labute approximate surface area is 145 Å². The van der Waals surface area contributed by atoms with Crippen LogP contribution in [0, 0.1) is 5.92 Å². The summed E-state index contributed by atoms with van der Waals surface area (Å²) in [5.74, 6) is -0.278. The number of carboxylic acid groups (broad SMARTS) is 1. The van der Waals surface area contributed by atoms with Crippen LogP contribution >= 0.6 is 0 Å². The second kappa shape index (κ2) is 7.76. The molecule has 0 fully saturated rings. The first-order valence-electron chi connectivity index (χ1n) is 8.37. The van der Waals surface area contributed by atoms with Gasteiger partial charge in [-0.2, -0.15) is 0 Å². The first kappa shape index (κ1) is 17.6. The van der Waals surface area contributed by atoms with Gasteiger partial charge >= 0.3 is 5.97 Å². The maximum atomic E-state index is 11.5. The van der Waals surface area contributed by atoms with Crippen LogP contribution < -0.4 is 9.47 Å². The molecule has 2 heterocycles. The van der Waals surface area contributed by atoms with E-state index in [9.17, 15) is 15.0 Å². The van der Waals surface area contributed by atoms with Crippen molar-refractivity contribution in [2.24, 2.45) is 5.92 Å². The fourth-order valence-electron chi connectivity index (χ4n) is 3.26. The number of fused-ring (bicyclic) bond motifs is 1. The highest BCUT2D eigenvalue weighted by Crippen LogP contribution is 2.42. The SMILES string of the molecule is CCO[C@@H]1OC(C(=O)O)=C[C@H](c2ccc3c(c2)OCO3)[C@H]1CCCO. The number of benzene rings is 1. The molecule has 3 atom stereocenters. The highest BCUT2D eigenvalue weighted by atomic mass is 16.7. The third kappa shape index (κ3) is 3.72. The molecular weight excluding hydrogens is 328 g/mol. The van der Waals surface area contributed by atoms with Gasteiger partial charge in [0, 0.05) is 25.0 Å². The van der Waals surface area contributed by atoms with Crippen molar-refractivity contribution < 1.29 is 34.0 Å². The van der Waals surface area contributed by atoms with E-state index in [-0.39, 0.29) is 31.0 Å². The van der Waals surface area contributed by atoms with E-state index in [0.29, 0.717) is 30.9 Å². The van der Waals surface area contributed by atoms with E-state index in [1.54, 1.807) is 6.08 Å². The lowest BCUT2D eigenvalue weighted by Crippen LogP contribution is -2.36. The van der Waals surface area contributed by atoms with Gasteiger partial charge in [0.1, 0.15) is 0 Å². The van der Waals surface area contributed by atoms with Gasteiger partial charge in [0.15, 0.2) is 11.5 Å². The number of aliphatic hydroxyl groups excluding tert-OH is 1. The lowest BCUT2D eigenvalue weighted by molar-refractivity contribution is -0.173. The maximum Gasteiger partial charge on any atom is 0.370 e. The van der Waals surface area contributed by atoms with Crippen LogP contribution in [0.4, 0.5) is 0 Å². The Morgan fingerprint density at radius 2 is 2.12 bits per heavy atom. The van der Waals surface area contributed by atoms with Crippen LogP contribution in [0.1, 0.15) is 31.2 Å². The highest BCUT2D eigenvalue weighted by molar-refractivity contribution is 5.84. The third-order valence-electron chi connectivity index (χ3n) is 4.40. The average Bonchev–Trinajstić information content (AvgIpc) is 3.07. The van der Waals surface area contributed by atoms with Gasteiger partial charge in [-0.25, -0.2) is 4.79 Å². The molecule has 0 saturated carbocycles. The van der Waals surface area contributed by atoms with E-state index in [4.69, 9.17) is 18.9 Å². The van der Waals surface area contributed by atoms with Gasteiger partial charge in [-0.15, -0.1) is 0 Å². The molecule has 0 radical (unpaired) electrons. The molecule has 0 saturated heterocycles. The van der Waals surface area contributed by atoms with Crippen LogP contribution in [-0.2, 0) is 14.3 Å². The van der Waals surface area contributed by atoms with Crippen LogP contribution in [0.25, 0.3) is 0 Å². The highest BCUT2D eigenvalue weighted by Gasteiger charge is 2.38. The number of aliphatic carboxylic acids is 1. The summed E-state index contributed by atoms with van der Waals surface area (Å²) in [5, 5.41) is 18.6. The van der Waals surface area contributed by atoms with Gasteiger partial charge in [-0.1, -0.05) is 6.07 Å². The Hall–Kier alpha value is -2.25. The maximum absolute atomic E-state index is 11.5. The minimum absolute atomic E-state index is 0.0543. The minimum Gasteiger partial charge on any atom is -0.475 e. The van der Waals surface area contributed by atoms with Crippen LogP contribution in [-0.4, -0.2) is 42.5 Å². The molecule has 2 N–H and O–H groups in total. The fraction of sp³-hybridized carbons (Fsp3) is 0.500. The van der Waals surface area contributed by atoms with Crippen molar-refractivity contribution in [3.8, 4) is 11.5 Å². The van der Waals surface area contributed by atoms with Gasteiger partial charge in [0.25, 0.3) is 0 Å². The van der Waals surface area contributed by atoms with Gasteiger partial charge in [0.05, 0.1) is 0 Å². The Kier molecular flexibility index (Phi) is 5.45. The van der Waals surface area contributed by atoms with Crippen molar-refractivity contribution in [1.82, 2.24) is 0 Å². The predicted molar refractivity (Wildman–Crippen MR) is 87.3 cm³/mol. The monoisotopic (exact) mass is 350 g/mol. The topological polar surface area (TPSA) is 94.5 Å². The van der Waals surface area contributed by atoms with Crippen LogP contribution in [0.15, 0.2) is 30.0 Å². The molecule has 0 amide bonds. The van der Waals surface area contributed by atoms with Crippen molar-refractivity contribution >= 4 is 5.97 Å². The van der Waals surface area contributed by atoms with Gasteiger partial charge in [-0.3, -0.25) is 0 Å². The van der Waals surface area contributed by atoms with Gasteiger partial charge < -0.3 is 29.2 Å². The van der Waals surface area contributed by atoms with Crippen LogP contribution in [0.2, 0.25) is 0 Å². The lowest BCUT2D eigenvalue weighted by Gasteiger charge is -2.36. The summed E-state index contributed by atoms with van der Waals surface area (Å²) in [6.07, 6.45) is 2.15. The van der Waals surface area contributed by atoms with E-state index >= 15 is 0 Å². The van der Waals surface area contributed by atoms with Gasteiger partial charge in [0.2, 0.25) is 18.8 Å². The molecule has 7 heteroatoms. The summed E-state index contributed by atoms with van der Waals surface area (Å²) in [7, 11) is 0. The summed E-state index contributed by atoms with van der Waals surface area (Å²) in [4.78, 5) is 11.5. The van der Waals surface area contributed by atoms with E-state index in [1.165, 1.54) is 0 Å². The summed E-state index contributed by atoms with van der Waals surface area (Å²) < 4.78 is 22.0. The fourth-order valence-corrected chi connectivity index (χ4v) is 3.26. The molecule has 3 rings (SSSR count). The van der Waals surface area contributed by atoms with E-state index in [2.05, 4.69) is 0 Å². The van der Waals surface area contributed by atoms with Crippen molar-refractivity contribution in [2.75, 3.05) is 20.0 Å². The standard InChI is InChI=1S/C18H22O7/c1-2-22-18-12(4-3-7-19)13(9-16(25-18)17(20)21)11-5-6-14-15(8-11)24-10-23-14/h5-6,8-9,12-13,18-19H,2-4,7,10H2,1H3,(H,20,21)/t12-,13-,18-/m1/s1. The molecule has 7 nitrogen and oxygen atoms in total. The van der Waals surface area contributed by atoms with Crippen LogP contribution in [0.5, 0.6) is 11.5 Å². The summed E-state index contributed by atoms with van der Waals surface area (Å²) >= 11 is 0. The number of carbonyl (C=O) groups is 1. The van der Waals surface area contributed by atoms with E-state index in [0.717, 1.165) is 5.56 Å². The number of allylic oxidation sites excluding steroid dienone is 1. The number of hydrogen-bond donors (Lipinski definition) is 2. The van der Waals surface area contributed by atoms with Crippen molar-refractivity contribution in [3.63, 3.8) is 0 Å². The molecule has 1 aromatic carbocycles. The number of aliphatic hydroxyl groups is 1. The Morgan fingerprint density at radius 3 is 2.84 bits per heavy atom. The predicted octanol–water partition coefficient (Wildman–Crippen LogP) is 2.25. The number of rotatable bonds is 7. The smallest absolute Gasteiger partial charge is 0.370 e. The quantitative estimate of drug-likeness (QED) is 0.779. The van der Waals surface area contributed by atoms with E-state index in [1.807, 2.05) is 25.1 Å². The summed E-state index contributed by atoms with van der Waals surface area (Å²) in [6.45, 7) is 2.47. The Bertz CT molecular complexity index is 655.